The Kier molecular flexibility index (Phi) is 3.52. The molecule has 0 saturated carbocycles. The molecule has 3 nitrogen and oxygen atoms in total. The first-order chi connectivity index (χ1) is 5.50. The van der Waals surface area contributed by atoms with Crippen LogP contribution in [0, 0.1) is 0 Å². The third kappa shape index (κ3) is 3.01. The molecule has 0 unspecified atom stereocenters. The van der Waals surface area contributed by atoms with E-state index in [2.05, 4.69) is 10.3 Å². The lowest BCUT2D eigenvalue weighted by atomic mass is 10.7. The van der Waals surface area contributed by atoms with Crippen LogP contribution < -0.4 is 5.32 Å². The number of hydrogen-bond acceptors (Lipinski definition) is 3. The molecule has 0 aromatic carbocycles. The Balaban J connectivity index is 2.41. The number of alkyl halides is 3. The summed E-state index contributed by atoms with van der Waals surface area (Å²) in [6.45, 7) is 0. The second-order valence-electron chi connectivity index (χ2n) is 1.99. The van der Waals surface area contributed by atoms with Crippen LogP contribution in [0.25, 0.3) is 0 Å². The van der Waals surface area contributed by atoms with Crippen LogP contribution in [-0.2, 0) is 4.79 Å². The Labute approximate surface area is 88.8 Å². The molecule has 1 N–H and O–H groups in total. The average Bonchev–Trinajstić information content (AvgIpc) is 2.37. The monoisotopic (exact) mass is 246 g/mol. The summed E-state index contributed by atoms with van der Waals surface area (Å²) in [7, 11) is 0. The SMILES string of the molecule is O=C(N[C@H]1N=CCS1)C(Cl)(Cl)Cl. The highest BCUT2D eigenvalue weighted by Gasteiger charge is 2.32. The molecule has 1 aliphatic rings. The van der Waals surface area contributed by atoms with Crippen LogP contribution in [0.1, 0.15) is 0 Å². The van der Waals surface area contributed by atoms with E-state index < -0.39 is 9.70 Å². The maximum absolute atomic E-state index is 11.0. The summed E-state index contributed by atoms with van der Waals surface area (Å²) >= 11 is 17.4. The molecule has 1 aliphatic heterocycles. The number of aliphatic imine (C=N–C) groups is 1. The fourth-order valence-electron chi connectivity index (χ4n) is 0.589. The average molecular weight is 248 g/mol. The molecule has 0 fully saturated rings. The third-order valence-corrected chi connectivity index (χ3v) is 2.49. The fraction of sp³-hybridized carbons (Fsp3) is 0.600. The Morgan fingerprint density at radius 2 is 2.33 bits per heavy atom. The van der Waals surface area contributed by atoms with Crippen molar-refractivity contribution in [2.45, 2.75) is 9.29 Å². The largest absolute Gasteiger partial charge is 0.322 e. The van der Waals surface area contributed by atoms with Crippen molar-refractivity contribution in [2.75, 3.05) is 5.75 Å². The Bertz CT molecular complexity index is 215. The van der Waals surface area contributed by atoms with Crippen LogP contribution in [0.15, 0.2) is 4.99 Å². The zero-order valence-corrected chi connectivity index (χ0v) is 8.84. The number of nitrogens with one attached hydrogen (secondary N) is 1. The molecule has 12 heavy (non-hydrogen) atoms. The number of thioether (sulfide) groups is 1. The number of carbonyl (C=O) groups is 1. The maximum Gasteiger partial charge on any atom is 0.274 e. The van der Waals surface area contributed by atoms with Crippen molar-refractivity contribution in [1.82, 2.24) is 5.32 Å². The lowest BCUT2D eigenvalue weighted by molar-refractivity contribution is -0.120. The second-order valence-corrected chi connectivity index (χ2v) is 5.38. The molecule has 0 saturated heterocycles. The zero-order chi connectivity index (χ0) is 9.19. The van der Waals surface area contributed by atoms with Crippen molar-refractivity contribution in [3.63, 3.8) is 0 Å². The quantitative estimate of drug-likeness (QED) is 0.715. The summed E-state index contributed by atoms with van der Waals surface area (Å²) in [5.74, 6) is 0.120. The molecule has 1 amide bonds. The number of hydrogen-bond donors (Lipinski definition) is 1. The van der Waals surface area contributed by atoms with Gasteiger partial charge in [0.2, 0.25) is 0 Å². The van der Waals surface area contributed by atoms with E-state index in [0.29, 0.717) is 0 Å². The summed E-state index contributed by atoms with van der Waals surface area (Å²) in [6.07, 6.45) is 1.70. The molecular weight excluding hydrogens is 242 g/mol. The minimum absolute atomic E-state index is 0.312. The third-order valence-electron chi connectivity index (χ3n) is 1.08. The van der Waals surface area contributed by atoms with E-state index in [1.54, 1.807) is 6.21 Å². The van der Waals surface area contributed by atoms with E-state index >= 15 is 0 Å². The lowest BCUT2D eigenvalue weighted by Crippen LogP contribution is -2.38. The summed E-state index contributed by atoms with van der Waals surface area (Å²) in [4.78, 5) is 14.9. The standard InChI is InChI=1S/C5H5Cl3N2OS/c6-5(7,8)3(11)10-4-9-1-2-12-4/h1,4H,2H2,(H,10,11)/t4-/m1/s1. The van der Waals surface area contributed by atoms with Crippen LogP contribution in [0.3, 0.4) is 0 Å². The van der Waals surface area contributed by atoms with Crippen LogP contribution in [0.5, 0.6) is 0 Å². The van der Waals surface area contributed by atoms with Gasteiger partial charge in [-0.2, -0.15) is 0 Å². The molecule has 7 heteroatoms. The highest BCUT2D eigenvalue weighted by molar-refractivity contribution is 8.00. The molecular formula is C5H5Cl3N2OS. The van der Waals surface area contributed by atoms with Gasteiger partial charge in [-0.3, -0.25) is 9.79 Å². The fourth-order valence-corrected chi connectivity index (χ4v) is 1.47. The molecule has 0 spiro atoms. The molecule has 1 atom stereocenters. The molecule has 68 valence electrons. The van der Waals surface area contributed by atoms with E-state index in [4.69, 9.17) is 34.8 Å². The minimum Gasteiger partial charge on any atom is -0.322 e. The van der Waals surface area contributed by atoms with Gasteiger partial charge in [0.15, 0.2) is 5.50 Å². The van der Waals surface area contributed by atoms with Crippen molar-refractivity contribution in [3.8, 4) is 0 Å². The van der Waals surface area contributed by atoms with Gasteiger partial charge >= 0.3 is 0 Å². The molecule has 0 aliphatic carbocycles. The van der Waals surface area contributed by atoms with Crippen molar-refractivity contribution in [1.29, 1.82) is 0 Å². The van der Waals surface area contributed by atoms with Crippen LogP contribution in [0.4, 0.5) is 0 Å². The van der Waals surface area contributed by atoms with Crippen molar-refractivity contribution in [3.05, 3.63) is 0 Å². The Morgan fingerprint density at radius 1 is 1.67 bits per heavy atom. The second kappa shape index (κ2) is 4.05. The highest BCUT2D eigenvalue weighted by atomic mass is 35.6. The number of carbonyl (C=O) groups excluding carboxylic acids is 1. The topological polar surface area (TPSA) is 41.5 Å². The van der Waals surface area contributed by atoms with Gasteiger partial charge in [-0.05, 0) is 0 Å². The summed E-state index contributed by atoms with van der Waals surface area (Å²) in [5.41, 5.74) is -0.312. The van der Waals surface area contributed by atoms with E-state index in [-0.39, 0.29) is 5.50 Å². The zero-order valence-electron chi connectivity index (χ0n) is 5.76. The smallest absolute Gasteiger partial charge is 0.274 e. The van der Waals surface area contributed by atoms with Crippen molar-refractivity contribution in [2.24, 2.45) is 4.99 Å². The van der Waals surface area contributed by atoms with Gasteiger partial charge in [0.1, 0.15) is 0 Å². The molecule has 0 radical (unpaired) electrons. The van der Waals surface area contributed by atoms with Crippen LogP contribution in [0.2, 0.25) is 0 Å². The van der Waals surface area contributed by atoms with Crippen molar-refractivity contribution < 1.29 is 4.79 Å². The van der Waals surface area contributed by atoms with Gasteiger partial charge < -0.3 is 5.32 Å². The molecule has 1 heterocycles. The molecule has 1 rings (SSSR count). The Morgan fingerprint density at radius 3 is 2.75 bits per heavy atom. The number of rotatable bonds is 1. The van der Waals surface area contributed by atoms with Gasteiger partial charge in [-0.1, -0.05) is 34.8 Å². The van der Waals surface area contributed by atoms with E-state index in [0.717, 1.165) is 5.75 Å². The van der Waals surface area contributed by atoms with Crippen LogP contribution >= 0.6 is 46.6 Å². The highest BCUT2D eigenvalue weighted by Crippen LogP contribution is 2.27. The summed E-state index contributed by atoms with van der Waals surface area (Å²) in [6, 6.07) is 0. The normalized spacial score (nSPS) is 22.8. The Hall–Kier alpha value is 0.360. The van der Waals surface area contributed by atoms with E-state index in [9.17, 15) is 4.79 Å². The molecule has 0 aromatic heterocycles. The summed E-state index contributed by atoms with van der Waals surface area (Å²) in [5, 5.41) is 2.45. The van der Waals surface area contributed by atoms with Crippen molar-refractivity contribution >= 4 is 58.7 Å². The molecule has 0 aromatic rings. The van der Waals surface area contributed by atoms with Gasteiger partial charge in [0, 0.05) is 12.0 Å². The number of nitrogens with zero attached hydrogens (tertiary/aromatic N) is 1. The van der Waals surface area contributed by atoms with E-state index in [1.165, 1.54) is 11.8 Å². The van der Waals surface area contributed by atoms with Gasteiger partial charge in [0.05, 0.1) is 0 Å². The van der Waals surface area contributed by atoms with Crippen LogP contribution in [-0.4, -0.2) is 27.2 Å². The summed E-state index contributed by atoms with van der Waals surface area (Å²) < 4.78 is -1.90. The van der Waals surface area contributed by atoms with Gasteiger partial charge in [-0.25, -0.2) is 0 Å². The molecule has 0 bridgehead atoms. The first-order valence-electron chi connectivity index (χ1n) is 3.01. The maximum atomic E-state index is 11.0. The van der Waals surface area contributed by atoms with Gasteiger partial charge in [0.25, 0.3) is 9.70 Å². The van der Waals surface area contributed by atoms with Gasteiger partial charge in [-0.15, -0.1) is 11.8 Å². The first-order valence-corrected chi connectivity index (χ1v) is 5.19. The number of amides is 1. The first kappa shape index (κ1) is 10.4. The predicted octanol–water partition coefficient (Wildman–Crippen LogP) is 1.57. The van der Waals surface area contributed by atoms with E-state index in [1.807, 2.05) is 0 Å². The number of halogens is 3. The minimum atomic E-state index is -1.90. The lowest BCUT2D eigenvalue weighted by Gasteiger charge is -2.13. The predicted molar refractivity (Wildman–Crippen MR) is 53.2 cm³/mol.